The summed E-state index contributed by atoms with van der Waals surface area (Å²) in [6.45, 7) is 0.239. The molecule has 0 saturated heterocycles. The van der Waals surface area contributed by atoms with Crippen LogP contribution in [0.1, 0.15) is 11.1 Å². The Morgan fingerprint density at radius 2 is 2.14 bits per heavy atom. The predicted molar refractivity (Wildman–Crippen MR) is 75.8 cm³/mol. The maximum Gasteiger partial charge on any atom is 0.404 e. The number of hydrogen-bond donors (Lipinski definition) is 2. The van der Waals surface area contributed by atoms with E-state index >= 15 is 0 Å². The highest BCUT2D eigenvalue weighted by molar-refractivity contribution is 5.70. The van der Waals surface area contributed by atoms with Gasteiger partial charge in [-0.1, -0.05) is 24.3 Å². The van der Waals surface area contributed by atoms with E-state index in [1.165, 1.54) is 13.3 Å². The number of benzene rings is 1. The molecule has 0 unspecified atom stereocenters. The zero-order valence-corrected chi connectivity index (χ0v) is 11.3. The number of nitriles is 1. The van der Waals surface area contributed by atoms with Crippen molar-refractivity contribution in [3.63, 3.8) is 0 Å². The molecule has 0 atom stereocenters. The molecule has 1 aromatic heterocycles. The zero-order valence-electron chi connectivity index (χ0n) is 11.3. The predicted octanol–water partition coefficient (Wildman–Crippen LogP) is 2.40. The summed E-state index contributed by atoms with van der Waals surface area (Å²) in [5, 5.41) is 19.8. The smallest absolute Gasteiger partial charge is 0.404 e. The monoisotopic (exact) mass is 283 g/mol. The van der Waals surface area contributed by atoms with Crippen molar-refractivity contribution >= 4 is 6.09 Å². The van der Waals surface area contributed by atoms with Gasteiger partial charge in [-0.3, -0.25) is 0 Å². The molecule has 0 spiro atoms. The minimum absolute atomic E-state index is 0.239. The standard InChI is InChI=1S/C15H13N3O3/c1-21-14-13(6-11(7-16)9-17-14)12-4-2-10(3-5-12)8-18-15(19)20/h2-6,9,18H,8H2,1H3,(H,19,20). The van der Waals surface area contributed by atoms with Gasteiger partial charge in [0.2, 0.25) is 5.88 Å². The van der Waals surface area contributed by atoms with Crippen molar-refractivity contribution in [1.82, 2.24) is 10.3 Å². The molecule has 6 nitrogen and oxygen atoms in total. The van der Waals surface area contributed by atoms with E-state index in [4.69, 9.17) is 15.1 Å². The van der Waals surface area contributed by atoms with Crippen LogP contribution in [-0.2, 0) is 6.54 Å². The van der Waals surface area contributed by atoms with Crippen LogP contribution in [0, 0.1) is 11.3 Å². The molecule has 1 aromatic carbocycles. The van der Waals surface area contributed by atoms with Gasteiger partial charge in [-0.2, -0.15) is 5.26 Å². The number of nitrogens with one attached hydrogen (secondary N) is 1. The van der Waals surface area contributed by atoms with Crippen molar-refractivity contribution in [2.75, 3.05) is 7.11 Å². The zero-order chi connectivity index (χ0) is 15.2. The van der Waals surface area contributed by atoms with Gasteiger partial charge in [0.25, 0.3) is 0 Å². The van der Waals surface area contributed by atoms with Crippen molar-refractivity contribution in [3.8, 4) is 23.1 Å². The second-order valence-corrected chi connectivity index (χ2v) is 4.25. The highest BCUT2D eigenvalue weighted by Gasteiger charge is 2.09. The number of methoxy groups -OCH3 is 1. The van der Waals surface area contributed by atoms with Gasteiger partial charge in [-0.15, -0.1) is 0 Å². The van der Waals surface area contributed by atoms with Crippen LogP contribution in [-0.4, -0.2) is 23.3 Å². The first-order valence-electron chi connectivity index (χ1n) is 6.14. The molecule has 106 valence electrons. The molecule has 6 heteroatoms. The molecule has 0 bridgehead atoms. The maximum atomic E-state index is 10.4. The van der Waals surface area contributed by atoms with Crippen LogP contribution < -0.4 is 10.1 Å². The second-order valence-electron chi connectivity index (χ2n) is 4.25. The third-order valence-electron chi connectivity index (χ3n) is 2.88. The molecule has 2 aromatic rings. The van der Waals surface area contributed by atoms with Gasteiger partial charge in [0.05, 0.1) is 12.7 Å². The van der Waals surface area contributed by atoms with Crippen molar-refractivity contribution in [2.24, 2.45) is 0 Å². The Labute approximate surface area is 121 Å². The lowest BCUT2D eigenvalue weighted by Crippen LogP contribution is -2.19. The highest BCUT2D eigenvalue weighted by atomic mass is 16.5. The summed E-state index contributed by atoms with van der Waals surface area (Å²) in [5.74, 6) is 0.436. The van der Waals surface area contributed by atoms with Crippen LogP contribution >= 0.6 is 0 Å². The van der Waals surface area contributed by atoms with Crippen LogP contribution in [0.25, 0.3) is 11.1 Å². The van der Waals surface area contributed by atoms with Crippen molar-refractivity contribution in [2.45, 2.75) is 6.54 Å². The Hall–Kier alpha value is -3.07. The molecule has 21 heavy (non-hydrogen) atoms. The summed E-state index contributed by atoms with van der Waals surface area (Å²) >= 11 is 0. The normalized spacial score (nSPS) is 9.71. The van der Waals surface area contributed by atoms with Gasteiger partial charge in [0.1, 0.15) is 6.07 Å². The lowest BCUT2D eigenvalue weighted by Gasteiger charge is -2.09. The van der Waals surface area contributed by atoms with Crippen LogP contribution in [0.4, 0.5) is 4.79 Å². The first-order chi connectivity index (χ1) is 10.1. The van der Waals surface area contributed by atoms with E-state index < -0.39 is 6.09 Å². The number of rotatable bonds is 4. The third kappa shape index (κ3) is 3.48. The van der Waals surface area contributed by atoms with E-state index in [1.54, 1.807) is 6.07 Å². The Morgan fingerprint density at radius 3 is 2.71 bits per heavy atom. The van der Waals surface area contributed by atoms with Gasteiger partial charge < -0.3 is 15.2 Å². The Morgan fingerprint density at radius 1 is 1.43 bits per heavy atom. The maximum absolute atomic E-state index is 10.4. The fourth-order valence-electron chi connectivity index (χ4n) is 1.86. The summed E-state index contributed by atoms with van der Waals surface area (Å²) in [7, 11) is 1.52. The summed E-state index contributed by atoms with van der Waals surface area (Å²) < 4.78 is 5.20. The van der Waals surface area contributed by atoms with Gasteiger partial charge in [0, 0.05) is 18.3 Å². The summed E-state index contributed by atoms with van der Waals surface area (Å²) in [5.41, 5.74) is 2.84. The SMILES string of the molecule is COc1ncc(C#N)cc1-c1ccc(CNC(=O)O)cc1. The molecular formula is C15H13N3O3. The molecule has 0 saturated carbocycles. The Balaban J connectivity index is 2.30. The van der Waals surface area contributed by atoms with E-state index in [9.17, 15) is 4.79 Å². The third-order valence-corrected chi connectivity index (χ3v) is 2.88. The van der Waals surface area contributed by atoms with E-state index in [0.29, 0.717) is 17.0 Å². The molecule has 0 aliphatic heterocycles. The van der Waals surface area contributed by atoms with E-state index in [1.807, 2.05) is 30.3 Å². The number of nitrogens with zero attached hydrogens (tertiary/aromatic N) is 2. The summed E-state index contributed by atoms with van der Waals surface area (Å²) in [4.78, 5) is 14.5. The van der Waals surface area contributed by atoms with Gasteiger partial charge in [0.15, 0.2) is 0 Å². The molecule has 2 N–H and O–H groups in total. The lowest BCUT2D eigenvalue weighted by molar-refractivity contribution is 0.194. The quantitative estimate of drug-likeness (QED) is 0.898. The average Bonchev–Trinajstić information content (AvgIpc) is 2.52. The Kier molecular flexibility index (Phi) is 4.36. The molecule has 2 rings (SSSR count). The van der Waals surface area contributed by atoms with Crippen LogP contribution in [0.15, 0.2) is 36.5 Å². The first-order valence-corrected chi connectivity index (χ1v) is 6.14. The van der Waals surface area contributed by atoms with Crippen molar-refractivity contribution < 1.29 is 14.6 Å². The van der Waals surface area contributed by atoms with Crippen molar-refractivity contribution in [1.29, 1.82) is 5.26 Å². The number of pyridine rings is 1. The number of aromatic nitrogens is 1. The number of carbonyl (C=O) groups is 1. The summed E-state index contributed by atoms with van der Waals surface area (Å²) in [6, 6.07) is 11.0. The van der Waals surface area contributed by atoms with Crippen LogP contribution in [0.5, 0.6) is 5.88 Å². The molecule has 0 aliphatic carbocycles. The molecule has 1 amide bonds. The van der Waals surface area contributed by atoms with E-state index in [2.05, 4.69) is 10.3 Å². The first kappa shape index (κ1) is 14.3. The second kappa shape index (κ2) is 6.39. The molecule has 0 aliphatic rings. The van der Waals surface area contributed by atoms with Crippen LogP contribution in [0.3, 0.4) is 0 Å². The lowest BCUT2D eigenvalue weighted by atomic mass is 10.0. The number of amides is 1. The molecule has 0 fully saturated rings. The average molecular weight is 283 g/mol. The fraction of sp³-hybridized carbons (Fsp3) is 0.133. The largest absolute Gasteiger partial charge is 0.481 e. The topological polar surface area (TPSA) is 95.2 Å². The Bertz CT molecular complexity index is 690. The van der Waals surface area contributed by atoms with Gasteiger partial charge in [-0.05, 0) is 17.2 Å². The van der Waals surface area contributed by atoms with Crippen LogP contribution in [0.2, 0.25) is 0 Å². The van der Waals surface area contributed by atoms with Gasteiger partial charge in [-0.25, -0.2) is 9.78 Å². The number of carboxylic acid groups (broad SMARTS) is 1. The number of hydrogen-bond acceptors (Lipinski definition) is 4. The number of ether oxygens (including phenoxy) is 1. The minimum Gasteiger partial charge on any atom is -0.481 e. The van der Waals surface area contributed by atoms with E-state index in [-0.39, 0.29) is 6.54 Å². The van der Waals surface area contributed by atoms with E-state index in [0.717, 1.165) is 11.1 Å². The molecule has 0 radical (unpaired) electrons. The molecular weight excluding hydrogens is 270 g/mol. The van der Waals surface area contributed by atoms with Gasteiger partial charge >= 0.3 is 6.09 Å². The minimum atomic E-state index is -1.06. The highest BCUT2D eigenvalue weighted by Crippen LogP contribution is 2.28. The molecule has 1 heterocycles. The van der Waals surface area contributed by atoms with Crippen molar-refractivity contribution in [3.05, 3.63) is 47.7 Å². The fourth-order valence-corrected chi connectivity index (χ4v) is 1.86. The summed E-state index contributed by atoms with van der Waals surface area (Å²) in [6.07, 6.45) is 0.389.